The summed E-state index contributed by atoms with van der Waals surface area (Å²) in [5, 5.41) is 12.0. The van der Waals surface area contributed by atoms with Crippen LogP contribution in [0.15, 0.2) is 29.3 Å². The van der Waals surface area contributed by atoms with Gasteiger partial charge in [-0.2, -0.15) is 0 Å². The van der Waals surface area contributed by atoms with Crippen LogP contribution in [-0.2, 0) is 20.0 Å². The van der Waals surface area contributed by atoms with Crippen LogP contribution in [0.2, 0.25) is 0 Å². The third-order valence-corrected chi connectivity index (χ3v) is 6.55. The molecule has 1 aliphatic rings. The second-order valence-corrected chi connectivity index (χ2v) is 8.92. The van der Waals surface area contributed by atoms with E-state index < -0.39 is 0 Å². The summed E-state index contributed by atoms with van der Waals surface area (Å²) in [6.07, 6.45) is 0.920. The lowest BCUT2D eigenvalue weighted by Crippen LogP contribution is -2.72. The van der Waals surface area contributed by atoms with Crippen molar-refractivity contribution in [3.05, 3.63) is 41.5 Å². The predicted molar refractivity (Wildman–Crippen MR) is 116 cm³/mol. The van der Waals surface area contributed by atoms with Crippen LogP contribution in [-0.4, -0.2) is 51.4 Å². The molecule has 0 aliphatic carbocycles. The van der Waals surface area contributed by atoms with Crippen LogP contribution in [0.4, 0.5) is 0 Å². The summed E-state index contributed by atoms with van der Waals surface area (Å²) in [4.78, 5) is 7.26. The van der Waals surface area contributed by atoms with Crippen LogP contribution in [0.1, 0.15) is 44.9 Å². The molecule has 0 amide bonds. The summed E-state index contributed by atoms with van der Waals surface area (Å²) in [5.41, 5.74) is 1.55. The Labute approximate surface area is 174 Å². The highest BCUT2D eigenvalue weighted by Gasteiger charge is 2.53. The molecular weight excluding hydrogens is 364 g/mol. The van der Waals surface area contributed by atoms with Crippen molar-refractivity contribution in [3.63, 3.8) is 0 Å². The molecule has 1 N–H and O–H groups in total. The monoisotopic (exact) mass is 398 g/mol. The highest BCUT2D eigenvalue weighted by molar-refractivity contribution is 5.82. The average Bonchev–Trinajstić information content (AvgIpc) is 3.01. The first-order chi connectivity index (χ1) is 13.7. The maximum atomic E-state index is 5.24. The summed E-state index contributed by atoms with van der Waals surface area (Å²) in [6, 6.07) is 8.22. The van der Waals surface area contributed by atoms with Gasteiger partial charge in [0.05, 0.1) is 7.11 Å². The lowest BCUT2D eigenvalue weighted by Gasteiger charge is -2.62. The molecule has 3 rings (SSSR count). The number of rotatable bonds is 6. The molecule has 0 unspecified atom stereocenters. The molecular formula is C22H34N6O. The number of aromatic nitrogens is 3. The van der Waals surface area contributed by atoms with E-state index in [9.17, 15) is 0 Å². The quantitative estimate of drug-likeness (QED) is 0.599. The highest BCUT2D eigenvalue weighted by Crippen LogP contribution is 2.46. The van der Waals surface area contributed by atoms with Crippen LogP contribution in [0.25, 0.3) is 0 Å². The Bertz CT molecular complexity index is 866. The van der Waals surface area contributed by atoms with Gasteiger partial charge in [-0.25, -0.2) is 4.99 Å². The summed E-state index contributed by atoms with van der Waals surface area (Å²) >= 11 is 0. The molecule has 158 valence electrons. The first-order valence-electron chi connectivity index (χ1n) is 10.2. The van der Waals surface area contributed by atoms with E-state index in [0.717, 1.165) is 42.9 Å². The number of hydrogen-bond donors (Lipinski definition) is 1. The van der Waals surface area contributed by atoms with Crippen LogP contribution in [0.3, 0.4) is 0 Å². The van der Waals surface area contributed by atoms with E-state index >= 15 is 0 Å². The van der Waals surface area contributed by atoms with Crippen molar-refractivity contribution in [3.8, 4) is 5.75 Å². The van der Waals surface area contributed by atoms with E-state index in [2.05, 4.69) is 60.2 Å². The molecule has 1 fully saturated rings. The molecule has 7 heteroatoms. The summed E-state index contributed by atoms with van der Waals surface area (Å²) in [7, 11) is 3.67. The number of nitrogens with zero attached hydrogens (tertiary/aromatic N) is 5. The van der Waals surface area contributed by atoms with E-state index in [1.165, 1.54) is 5.56 Å². The fraction of sp³-hybridized carbons (Fsp3) is 0.591. The standard InChI is InChI=1S/C22H34N6O/c1-16-25-26-19(27(16)6)14-24-20(28-15-21(2,3)22(28,4)5)23-13-12-17-8-10-18(29-7)11-9-17/h8-11H,12-15H2,1-7H3,(H,23,24). The molecule has 1 aliphatic heterocycles. The van der Waals surface area contributed by atoms with Crippen molar-refractivity contribution in [1.82, 2.24) is 25.0 Å². The Kier molecular flexibility index (Phi) is 5.87. The Balaban J connectivity index is 1.70. The van der Waals surface area contributed by atoms with Gasteiger partial charge in [0, 0.05) is 31.1 Å². The second-order valence-electron chi connectivity index (χ2n) is 8.92. The van der Waals surface area contributed by atoms with Crippen molar-refractivity contribution in [2.24, 2.45) is 17.5 Å². The molecule has 0 saturated carbocycles. The van der Waals surface area contributed by atoms with Crippen molar-refractivity contribution < 1.29 is 4.74 Å². The summed E-state index contributed by atoms with van der Waals surface area (Å²) in [6.45, 7) is 13.4. The lowest BCUT2D eigenvalue weighted by atomic mass is 9.65. The molecule has 1 aromatic heterocycles. The zero-order chi connectivity index (χ0) is 21.2. The number of likely N-dealkylation sites (tertiary alicyclic amines) is 1. The fourth-order valence-electron chi connectivity index (χ4n) is 3.48. The summed E-state index contributed by atoms with van der Waals surface area (Å²) < 4.78 is 7.23. The molecule has 2 aromatic rings. The van der Waals surface area contributed by atoms with Gasteiger partial charge in [-0.1, -0.05) is 26.0 Å². The average molecular weight is 399 g/mol. The SMILES string of the molecule is COc1ccc(CCNC(=NCc2nnc(C)n2C)N2CC(C)(C)C2(C)C)cc1. The molecule has 1 aromatic carbocycles. The zero-order valence-corrected chi connectivity index (χ0v) is 18.8. The van der Waals surface area contributed by atoms with Crippen molar-refractivity contribution in [1.29, 1.82) is 0 Å². The summed E-state index contributed by atoms with van der Waals surface area (Å²) in [5.74, 6) is 3.58. The fourth-order valence-corrected chi connectivity index (χ4v) is 3.48. The van der Waals surface area contributed by atoms with E-state index in [4.69, 9.17) is 9.73 Å². The van der Waals surface area contributed by atoms with Gasteiger partial charge in [-0.3, -0.25) is 0 Å². The van der Waals surface area contributed by atoms with Gasteiger partial charge in [0.2, 0.25) is 0 Å². The molecule has 0 bridgehead atoms. The van der Waals surface area contributed by atoms with Crippen LogP contribution < -0.4 is 10.1 Å². The first kappa shape index (κ1) is 21.1. The lowest BCUT2D eigenvalue weighted by molar-refractivity contribution is -0.0668. The molecule has 0 radical (unpaired) electrons. The third-order valence-electron chi connectivity index (χ3n) is 6.55. The van der Waals surface area contributed by atoms with E-state index in [-0.39, 0.29) is 11.0 Å². The highest BCUT2D eigenvalue weighted by atomic mass is 16.5. The van der Waals surface area contributed by atoms with Gasteiger partial charge in [0.25, 0.3) is 0 Å². The molecule has 0 atom stereocenters. The normalized spacial score (nSPS) is 17.8. The second kappa shape index (κ2) is 8.05. The molecule has 7 nitrogen and oxygen atoms in total. The van der Waals surface area contributed by atoms with Gasteiger partial charge < -0.3 is 19.5 Å². The number of aryl methyl sites for hydroxylation is 1. The predicted octanol–water partition coefficient (Wildman–Crippen LogP) is 2.94. The van der Waals surface area contributed by atoms with E-state index in [0.29, 0.717) is 6.54 Å². The molecule has 2 heterocycles. The Morgan fingerprint density at radius 2 is 1.86 bits per heavy atom. The van der Waals surface area contributed by atoms with E-state index in [1.54, 1.807) is 7.11 Å². The minimum Gasteiger partial charge on any atom is -0.497 e. The number of nitrogens with one attached hydrogen (secondary N) is 1. The van der Waals surface area contributed by atoms with Crippen LogP contribution >= 0.6 is 0 Å². The smallest absolute Gasteiger partial charge is 0.194 e. The largest absolute Gasteiger partial charge is 0.497 e. The van der Waals surface area contributed by atoms with Gasteiger partial charge in [0.15, 0.2) is 11.8 Å². The van der Waals surface area contributed by atoms with Crippen LogP contribution in [0.5, 0.6) is 5.75 Å². The Hall–Kier alpha value is -2.57. The Morgan fingerprint density at radius 1 is 1.17 bits per heavy atom. The number of methoxy groups -OCH3 is 1. The third kappa shape index (κ3) is 4.23. The van der Waals surface area contributed by atoms with E-state index in [1.807, 2.05) is 30.7 Å². The zero-order valence-electron chi connectivity index (χ0n) is 18.8. The number of guanidine groups is 1. The van der Waals surface area contributed by atoms with Crippen molar-refractivity contribution in [2.45, 2.75) is 53.1 Å². The number of aliphatic imine (C=N–C) groups is 1. The minimum atomic E-state index is 0.0365. The number of hydrogen-bond acceptors (Lipinski definition) is 4. The van der Waals surface area contributed by atoms with Crippen molar-refractivity contribution in [2.75, 3.05) is 20.2 Å². The molecule has 29 heavy (non-hydrogen) atoms. The number of ether oxygens (including phenoxy) is 1. The minimum absolute atomic E-state index is 0.0365. The van der Waals surface area contributed by atoms with Gasteiger partial charge in [0.1, 0.15) is 18.1 Å². The number of benzene rings is 1. The van der Waals surface area contributed by atoms with Gasteiger partial charge in [-0.15, -0.1) is 10.2 Å². The Morgan fingerprint density at radius 3 is 2.38 bits per heavy atom. The maximum Gasteiger partial charge on any atom is 0.194 e. The first-order valence-corrected chi connectivity index (χ1v) is 10.2. The van der Waals surface area contributed by atoms with Crippen molar-refractivity contribution >= 4 is 5.96 Å². The van der Waals surface area contributed by atoms with Gasteiger partial charge in [-0.05, 0) is 44.9 Å². The molecule has 0 spiro atoms. The van der Waals surface area contributed by atoms with Gasteiger partial charge >= 0.3 is 0 Å². The maximum absolute atomic E-state index is 5.24. The molecule has 1 saturated heterocycles. The topological polar surface area (TPSA) is 67.6 Å². The van der Waals surface area contributed by atoms with Crippen LogP contribution in [0, 0.1) is 12.3 Å².